The molecule has 2 aromatic heterocycles. The van der Waals surface area contributed by atoms with Gasteiger partial charge in [-0.05, 0) is 38.0 Å². The highest BCUT2D eigenvalue weighted by molar-refractivity contribution is 5.79. The van der Waals surface area contributed by atoms with Crippen molar-refractivity contribution in [3.63, 3.8) is 0 Å². The second kappa shape index (κ2) is 9.98. The van der Waals surface area contributed by atoms with E-state index < -0.39 is 0 Å². The Labute approximate surface area is 195 Å². The van der Waals surface area contributed by atoms with Gasteiger partial charge in [-0.2, -0.15) is 0 Å². The summed E-state index contributed by atoms with van der Waals surface area (Å²) in [7, 11) is 5.61. The molecule has 1 aliphatic heterocycles. The molecule has 4 rings (SSSR count). The average molecular weight is 446 g/mol. The third-order valence-corrected chi connectivity index (χ3v) is 6.10. The molecule has 0 unspecified atom stereocenters. The van der Waals surface area contributed by atoms with Gasteiger partial charge in [-0.3, -0.25) is 9.78 Å². The highest BCUT2D eigenvalue weighted by atomic mass is 16.5. The summed E-state index contributed by atoms with van der Waals surface area (Å²) in [6.45, 7) is 3.46. The molecule has 0 spiro atoms. The second-order valence-electron chi connectivity index (χ2n) is 8.78. The molecule has 7 nitrogen and oxygen atoms in total. The first-order chi connectivity index (χ1) is 15.9. The van der Waals surface area contributed by atoms with Crippen molar-refractivity contribution in [3.8, 4) is 17.1 Å². The lowest BCUT2D eigenvalue weighted by molar-refractivity contribution is -0.131. The first-order valence-electron chi connectivity index (χ1n) is 11.3. The van der Waals surface area contributed by atoms with E-state index in [1.807, 2.05) is 67.2 Å². The van der Waals surface area contributed by atoms with Gasteiger partial charge in [0, 0.05) is 62.7 Å². The quantitative estimate of drug-likeness (QED) is 0.574. The normalized spacial score (nSPS) is 15.9. The van der Waals surface area contributed by atoms with Gasteiger partial charge in [-0.1, -0.05) is 17.7 Å². The van der Waals surface area contributed by atoms with Crippen molar-refractivity contribution < 1.29 is 9.53 Å². The molecule has 0 bridgehead atoms. The molecule has 1 fully saturated rings. The van der Waals surface area contributed by atoms with Crippen LogP contribution in [0.1, 0.15) is 35.6 Å². The number of piperidine rings is 1. The molecule has 1 amide bonds. The Morgan fingerprint density at radius 2 is 1.94 bits per heavy atom. The Morgan fingerprint density at radius 1 is 1.15 bits per heavy atom. The molecule has 3 heterocycles. The Kier molecular flexibility index (Phi) is 6.87. The van der Waals surface area contributed by atoms with Crippen LogP contribution in [0.5, 0.6) is 5.75 Å². The Hall–Kier alpha value is -3.48. The zero-order valence-electron chi connectivity index (χ0n) is 19.8. The largest absolute Gasteiger partial charge is 0.496 e. The van der Waals surface area contributed by atoms with Crippen molar-refractivity contribution in [2.75, 3.05) is 39.2 Å². The minimum Gasteiger partial charge on any atom is -0.496 e. The molecule has 1 atom stereocenters. The summed E-state index contributed by atoms with van der Waals surface area (Å²) < 4.78 is 5.47. The van der Waals surface area contributed by atoms with Crippen LogP contribution < -0.4 is 9.64 Å². The molecule has 33 heavy (non-hydrogen) atoms. The third kappa shape index (κ3) is 5.30. The zero-order valence-corrected chi connectivity index (χ0v) is 19.8. The van der Waals surface area contributed by atoms with Crippen LogP contribution >= 0.6 is 0 Å². The van der Waals surface area contributed by atoms with E-state index in [-0.39, 0.29) is 11.8 Å². The first kappa shape index (κ1) is 22.7. The Morgan fingerprint density at radius 3 is 2.67 bits per heavy atom. The molecular weight excluding hydrogens is 414 g/mol. The molecule has 1 aromatic carbocycles. The summed E-state index contributed by atoms with van der Waals surface area (Å²) in [4.78, 5) is 30.9. The van der Waals surface area contributed by atoms with Crippen molar-refractivity contribution in [2.24, 2.45) is 0 Å². The van der Waals surface area contributed by atoms with Crippen molar-refractivity contribution in [3.05, 3.63) is 65.6 Å². The predicted molar refractivity (Wildman–Crippen MR) is 130 cm³/mol. The lowest BCUT2D eigenvalue weighted by Gasteiger charge is -2.33. The first-order valence-corrected chi connectivity index (χ1v) is 11.3. The number of amides is 1. The third-order valence-electron chi connectivity index (χ3n) is 6.10. The standard InChI is InChI=1S/C26H31N5O2/c1-18-7-8-23(33-4)21(14-18)15-25(32)31-13-5-6-20(17-31)22-16-24(30(2)3)29-26(28-22)19-9-11-27-12-10-19/h7-12,14,16,20H,5-6,13,15,17H2,1-4H3/t20-/m0/s1. The van der Waals surface area contributed by atoms with Crippen LogP contribution in [0.4, 0.5) is 5.82 Å². The minimum atomic E-state index is 0.125. The molecule has 7 heteroatoms. The van der Waals surface area contributed by atoms with Crippen LogP contribution in [0.3, 0.4) is 0 Å². The number of aryl methyl sites for hydroxylation is 1. The predicted octanol–water partition coefficient (Wildman–Crippen LogP) is 3.87. The summed E-state index contributed by atoms with van der Waals surface area (Å²) >= 11 is 0. The molecule has 1 saturated heterocycles. The number of carbonyl (C=O) groups excluding carboxylic acids is 1. The van der Waals surface area contributed by atoms with Crippen molar-refractivity contribution >= 4 is 11.7 Å². The number of rotatable bonds is 6. The van der Waals surface area contributed by atoms with Crippen LogP contribution in [0.2, 0.25) is 0 Å². The smallest absolute Gasteiger partial charge is 0.227 e. The SMILES string of the molecule is COc1ccc(C)cc1CC(=O)N1CCC[C@H](c2cc(N(C)C)nc(-c3ccncc3)n2)C1. The minimum absolute atomic E-state index is 0.125. The fourth-order valence-electron chi connectivity index (χ4n) is 4.29. The summed E-state index contributed by atoms with van der Waals surface area (Å²) in [5, 5.41) is 0. The van der Waals surface area contributed by atoms with Crippen molar-refractivity contribution in [1.82, 2.24) is 19.9 Å². The highest BCUT2D eigenvalue weighted by Crippen LogP contribution is 2.30. The number of hydrogen-bond donors (Lipinski definition) is 0. The molecule has 0 N–H and O–H groups in total. The number of likely N-dealkylation sites (tertiary alicyclic amines) is 1. The maximum Gasteiger partial charge on any atom is 0.227 e. The number of pyridine rings is 1. The molecule has 3 aromatic rings. The fourth-order valence-corrected chi connectivity index (χ4v) is 4.29. The number of nitrogens with zero attached hydrogens (tertiary/aromatic N) is 5. The monoisotopic (exact) mass is 445 g/mol. The van der Waals surface area contributed by atoms with E-state index in [0.29, 0.717) is 18.8 Å². The van der Waals surface area contributed by atoms with E-state index in [1.54, 1.807) is 19.5 Å². The van der Waals surface area contributed by atoms with Gasteiger partial charge in [0.25, 0.3) is 0 Å². The highest BCUT2D eigenvalue weighted by Gasteiger charge is 2.27. The van der Waals surface area contributed by atoms with Crippen LogP contribution in [-0.4, -0.2) is 60.1 Å². The van der Waals surface area contributed by atoms with Crippen LogP contribution in [0, 0.1) is 6.92 Å². The molecule has 1 aliphatic rings. The summed E-state index contributed by atoms with van der Waals surface area (Å²) in [5.41, 5.74) is 3.97. The van der Waals surface area contributed by atoms with E-state index in [1.165, 1.54) is 0 Å². The van der Waals surface area contributed by atoms with Gasteiger partial charge in [0.15, 0.2) is 5.82 Å². The number of carbonyl (C=O) groups is 1. The summed E-state index contributed by atoms with van der Waals surface area (Å²) in [6, 6.07) is 11.9. The van der Waals surface area contributed by atoms with E-state index in [0.717, 1.165) is 53.3 Å². The number of methoxy groups -OCH3 is 1. The molecule has 172 valence electrons. The van der Waals surface area contributed by atoms with Crippen LogP contribution in [0.15, 0.2) is 48.8 Å². The van der Waals surface area contributed by atoms with Gasteiger partial charge < -0.3 is 14.5 Å². The average Bonchev–Trinajstić information content (AvgIpc) is 2.84. The van der Waals surface area contributed by atoms with E-state index in [2.05, 4.69) is 4.98 Å². The van der Waals surface area contributed by atoms with E-state index in [9.17, 15) is 4.79 Å². The number of hydrogen-bond acceptors (Lipinski definition) is 6. The van der Waals surface area contributed by atoms with Crippen LogP contribution in [-0.2, 0) is 11.2 Å². The van der Waals surface area contributed by atoms with Gasteiger partial charge in [-0.15, -0.1) is 0 Å². The maximum absolute atomic E-state index is 13.2. The van der Waals surface area contributed by atoms with Crippen molar-refractivity contribution in [1.29, 1.82) is 0 Å². The van der Waals surface area contributed by atoms with Gasteiger partial charge >= 0.3 is 0 Å². The Bertz CT molecular complexity index is 1120. The van der Waals surface area contributed by atoms with Crippen molar-refractivity contribution in [2.45, 2.75) is 32.1 Å². The number of aromatic nitrogens is 3. The van der Waals surface area contributed by atoms with Gasteiger partial charge in [0.2, 0.25) is 5.91 Å². The van der Waals surface area contributed by atoms with Gasteiger partial charge in [0.05, 0.1) is 19.2 Å². The topological polar surface area (TPSA) is 71.5 Å². The van der Waals surface area contributed by atoms with Gasteiger partial charge in [0.1, 0.15) is 11.6 Å². The fraction of sp³-hybridized carbons (Fsp3) is 0.385. The zero-order chi connectivity index (χ0) is 23.4. The lowest BCUT2D eigenvalue weighted by Crippen LogP contribution is -2.40. The number of benzene rings is 1. The molecular formula is C26H31N5O2. The lowest BCUT2D eigenvalue weighted by atomic mass is 9.93. The molecule has 0 aliphatic carbocycles. The van der Waals surface area contributed by atoms with Crippen LogP contribution in [0.25, 0.3) is 11.4 Å². The second-order valence-corrected chi connectivity index (χ2v) is 8.78. The van der Waals surface area contributed by atoms with E-state index >= 15 is 0 Å². The molecule has 0 radical (unpaired) electrons. The molecule has 0 saturated carbocycles. The summed E-state index contributed by atoms with van der Waals surface area (Å²) in [6.07, 6.45) is 5.79. The number of ether oxygens (including phenoxy) is 1. The van der Waals surface area contributed by atoms with E-state index in [4.69, 9.17) is 14.7 Å². The van der Waals surface area contributed by atoms with Gasteiger partial charge in [-0.25, -0.2) is 9.97 Å². The Balaban J connectivity index is 1.56. The maximum atomic E-state index is 13.2. The number of anilines is 1. The summed E-state index contributed by atoms with van der Waals surface area (Å²) in [5.74, 6) is 2.60.